The summed E-state index contributed by atoms with van der Waals surface area (Å²) in [6.45, 7) is 6.86. The predicted octanol–water partition coefficient (Wildman–Crippen LogP) is 2.47. The number of Topliss-reactive ketones (excluding diaryl/α,β-unsaturated/α-hetero) is 1. The molecule has 0 aliphatic rings. The summed E-state index contributed by atoms with van der Waals surface area (Å²) in [4.78, 5) is 52.3. The van der Waals surface area contributed by atoms with Crippen LogP contribution in [0.15, 0.2) is 64.2 Å². The zero-order chi connectivity index (χ0) is 28.2. The Hall–Kier alpha value is -4.74. The van der Waals surface area contributed by atoms with Gasteiger partial charge in [0.2, 0.25) is 17.6 Å². The SMILES string of the molecule is CNc1ncc(-c2ccccc2)n(CC(=O)NC(C(=O)c2nnc(C(C)(C)c3ncccn3)o2)C(C)C)c1=O. The van der Waals surface area contributed by atoms with Crippen LogP contribution in [-0.4, -0.2) is 54.5 Å². The number of anilines is 1. The highest BCUT2D eigenvalue weighted by Gasteiger charge is 2.35. The topological polar surface area (TPSA) is 158 Å². The third-order valence-corrected chi connectivity index (χ3v) is 6.22. The molecule has 0 aliphatic carbocycles. The lowest BCUT2D eigenvalue weighted by atomic mass is 9.92. The van der Waals surface area contributed by atoms with Crippen LogP contribution in [0.1, 0.15) is 50.1 Å². The van der Waals surface area contributed by atoms with E-state index in [0.29, 0.717) is 11.5 Å². The number of hydrogen-bond donors (Lipinski definition) is 2. The van der Waals surface area contributed by atoms with Gasteiger partial charge in [0, 0.05) is 19.4 Å². The number of carbonyl (C=O) groups is 2. The molecule has 202 valence electrons. The molecule has 1 aromatic carbocycles. The molecule has 0 bridgehead atoms. The number of hydrogen-bond acceptors (Lipinski definition) is 10. The van der Waals surface area contributed by atoms with E-state index in [-0.39, 0.29) is 30.1 Å². The van der Waals surface area contributed by atoms with Gasteiger partial charge in [-0.1, -0.05) is 44.2 Å². The molecule has 0 fully saturated rings. The van der Waals surface area contributed by atoms with E-state index in [1.807, 2.05) is 44.2 Å². The number of amides is 1. The summed E-state index contributed by atoms with van der Waals surface area (Å²) >= 11 is 0. The second-order valence-electron chi connectivity index (χ2n) is 9.76. The number of benzene rings is 1. The second-order valence-corrected chi connectivity index (χ2v) is 9.76. The van der Waals surface area contributed by atoms with Gasteiger partial charge in [0.05, 0.1) is 17.9 Å². The summed E-state index contributed by atoms with van der Waals surface area (Å²) in [6, 6.07) is 9.87. The second kappa shape index (κ2) is 11.3. The Bertz CT molecular complexity index is 1510. The highest BCUT2D eigenvalue weighted by molar-refractivity contribution is 5.98. The minimum absolute atomic E-state index is 0.0994. The van der Waals surface area contributed by atoms with Gasteiger partial charge in [-0.3, -0.25) is 19.0 Å². The summed E-state index contributed by atoms with van der Waals surface area (Å²) in [5, 5.41) is 13.5. The fourth-order valence-electron chi connectivity index (χ4n) is 3.98. The highest BCUT2D eigenvalue weighted by Crippen LogP contribution is 2.27. The number of ketones is 1. The first kappa shape index (κ1) is 27.3. The van der Waals surface area contributed by atoms with Crippen molar-refractivity contribution in [2.24, 2.45) is 5.92 Å². The number of aromatic nitrogens is 6. The molecule has 0 spiro atoms. The van der Waals surface area contributed by atoms with Crippen molar-refractivity contribution >= 4 is 17.5 Å². The average Bonchev–Trinajstić information content (AvgIpc) is 3.45. The Labute approximate surface area is 224 Å². The van der Waals surface area contributed by atoms with E-state index in [9.17, 15) is 14.4 Å². The van der Waals surface area contributed by atoms with E-state index in [1.54, 1.807) is 39.4 Å². The maximum Gasteiger partial charge on any atom is 0.294 e. The molecule has 39 heavy (non-hydrogen) atoms. The molecule has 1 atom stereocenters. The Kier molecular flexibility index (Phi) is 7.93. The molecule has 4 aromatic rings. The van der Waals surface area contributed by atoms with Crippen molar-refractivity contribution in [3.8, 4) is 11.3 Å². The van der Waals surface area contributed by atoms with Gasteiger partial charge in [-0.2, -0.15) is 0 Å². The van der Waals surface area contributed by atoms with Gasteiger partial charge in [0.25, 0.3) is 11.4 Å². The Morgan fingerprint density at radius 1 is 1.03 bits per heavy atom. The van der Waals surface area contributed by atoms with Crippen LogP contribution >= 0.6 is 0 Å². The van der Waals surface area contributed by atoms with E-state index in [2.05, 4.69) is 35.8 Å². The minimum atomic E-state index is -0.969. The van der Waals surface area contributed by atoms with Crippen LogP contribution in [-0.2, 0) is 16.8 Å². The molecule has 0 radical (unpaired) electrons. The molecule has 0 saturated carbocycles. The lowest BCUT2D eigenvalue weighted by Gasteiger charge is -2.21. The first-order chi connectivity index (χ1) is 18.6. The standard InChI is InChI=1S/C27H30N8O4/c1-16(2)20(21(37)23-33-34-26(39-23)27(3,4)25-29-12-9-13-30-25)32-19(36)15-35-18(17-10-7-6-8-11-17)14-31-22(28-5)24(35)38/h6-14,16,20H,15H2,1-5H3,(H,28,31)(H,32,36). The van der Waals surface area contributed by atoms with Crippen LogP contribution in [0.3, 0.4) is 0 Å². The summed E-state index contributed by atoms with van der Waals surface area (Å²) in [5.74, 6) is -0.895. The van der Waals surface area contributed by atoms with Gasteiger partial charge in [-0.15, -0.1) is 10.2 Å². The first-order valence-corrected chi connectivity index (χ1v) is 12.4. The summed E-state index contributed by atoms with van der Waals surface area (Å²) in [7, 11) is 1.58. The van der Waals surface area contributed by atoms with E-state index in [0.717, 1.165) is 5.56 Å². The molecule has 3 aromatic heterocycles. The minimum Gasteiger partial charge on any atom is -0.417 e. The van der Waals surface area contributed by atoms with E-state index >= 15 is 0 Å². The number of carbonyl (C=O) groups excluding carboxylic acids is 2. The zero-order valence-corrected chi connectivity index (χ0v) is 22.4. The lowest BCUT2D eigenvalue weighted by Crippen LogP contribution is -2.46. The monoisotopic (exact) mass is 530 g/mol. The molecule has 4 rings (SSSR count). The third kappa shape index (κ3) is 5.74. The Balaban J connectivity index is 1.57. The van der Waals surface area contributed by atoms with Gasteiger partial charge in [-0.05, 0) is 31.4 Å². The summed E-state index contributed by atoms with van der Waals surface area (Å²) in [5.41, 5.74) is -0.120. The maximum absolute atomic E-state index is 13.4. The van der Waals surface area contributed by atoms with Crippen LogP contribution in [0.2, 0.25) is 0 Å². The molecule has 12 nitrogen and oxygen atoms in total. The lowest BCUT2D eigenvalue weighted by molar-refractivity contribution is -0.122. The van der Waals surface area contributed by atoms with Crippen LogP contribution < -0.4 is 16.2 Å². The predicted molar refractivity (Wildman–Crippen MR) is 143 cm³/mol. The quantitative estimate of drug-likeness (QED) is 0.292. The number of rotatable bonds is 10. The van der Waals surface area contributed by atoms with E-state index in [1.165, 1.54) is 10.8 Å². The van der Waals surface area contributed by atoms with Crippen molar-refractivity contribution < 1.29 is 14.0 Å². The fourth-order valence-corrected chi connectivity index (χ4v) is 3.98. The largest absolute Gasteiger partial charge is 0.417 e. The van der Waals surface area contributed by atoms with Gasteiger partial charge in [-0.25, -0.2) is 15.0 Å². The van der Waals surface area contributed by atoms with E-state index in [4.69, 9.17) is 4.42 Å². The smallest absolute Gasteiger partial charge is 0.294 e. The van der Waals surface area contributed by atoms with Crippen molar-refractivity contribution in [2.45, 2.75) is 45.7 Å². The Morgan fingerprint density at radius 3 is 2.36 bits per heavy atom. The van der Waals surface area contributed by atoms with Crippen LogP contribution in [0.4, 0.5) is 5.82 Å². The molecule has 2 N–H and O–H groups in total. The Morgan fingerprint density at radius 2 is 1.72 bits per heavy atom. The summed E-state index contributed by atoms with van der Waals surface area (Å²) in [6.07, 6.45) is 4.74. The molecular formula is C27H30N8O4. The fraction of sp³-hybridized carbons (Fsp3) is 0.333. The molecule has 12 heteroatoms. The third-order valence-electron chi connectivity index (χ3n) is 6.22. The molecular weight excluding hydrogens is 500 g/mol. The first-order valence-electron chi connectivity index (χ1n) is 12.4. The maximum atomic E-state index is 13.4. The number of nitrogens with one attached hydrogen (secondary N) is 2. The molecule has 1 amide bonds. The average molecular weight is 531 g/mol. The van der Waals surface area contributed by atoms with Crippen LogP contribution in [0.25, 0.3) is 11.3 Å². The van der Waals surface area contributed by atoms with E-state index < -0.39 is 28.7 Å². The zero-order valence-electron chi connectivity index (χ0n) is 22.4. The van der Waals surface area contributed by atoms with Crippen molar-refractivity contribution in [3.05, 3.63) is 82.9 Å². The van der Waals surface area contributed by atoms with Crippen molar-refractivity contribution in [1.82, 2.24) is 35.0 Å². The molecule has 1 unspecified atom stereocenters. The van der Waals surface area contributed by atoms with Crippen LogP contribution in [0.5, 0.6) is 0 Å². The normalized spacial score (nSPS) is 12.3. The van der Waals surface area contributed by atoms with Crippen molar-refractivity contribution in [3.63, 3.8) is 0 Å². The van der Waals surface area contributed by atoms with Gasteiger partial charge in [0.1, 0.15) is 17.8 Å². The van der Waals surface area contributed by atoms with Crippen molar-refractivity contribution in [1.29, 1.82) is 0 Å². The molecule has 0 saturated heterocycles. The summed E-state index contributed by atoms with van der Waals surface area (Å²) < 4.78 is 7.07. The molecule has 3 heterocycles. The molecule has 0 aliphatic heterocycles. The van der Waals surface area contributed by atoms with Gasteiger partial charge < -0.3 is 15.1 Å². The highest BCUT2D eigenvalue weighted by atomic mass is 16.4. The number of nitrogens with zero attached hydrogens (tertiary/aromatic N) is 6. The van der Waals surface area contributed by atoms with Gasteiger partial charge >= 0.3 is 0 Å². The van der Waals surface area contributed by atoms with Gasteiger partial charge in [0.15, 0.2) is 5.82 Å². The van der Waals surface area contributed by atoms with Crippen LogP contribution in [0, 0.1) is 5.92 Å². The van der Waals surface area contributed by atoms with Crippen molar-refractivity contribution in [2.75, 3.05) is 12.4 Å².